The van der Waals surface area contributed by atoms with Crippen LogP contribution in [0.2, 0.25) is 0 Å². The van der Waals surface area contributed by atoms with E-state index in [1.807, 2.05) is 0 Å². The van der Waals surface area contributed by atoms with Crippen LogP contribution < -0.4 is 5.32 Å². The van der Waals surface area contributed by atoms with Gasteiger partial charge in [-0.15, -0.1) is 0 Å². The molecule has 0 aromatic heterocycles. The number of aliphatic hydroxyl groups is 6. The van der Waals surface area contributed by atoms with Crippen molar-refractivity contribution in [3.05, 3.63) is 0 Å². The number of alkyl carbamates (subject to hydrolysis) is 1. The SMILES string of the molecule is O=C(NCCOCCO)OCC1O[C@H]2O[C@@H]3C(CO)O[C@@H](OCCCC[C@H]1[C@H](O)C2O)C(O)[C@H]3O. The number of rotatable bonds is 8. The Labute approximate surface area is 202 Å². The molecular formula is C21H37NO13. The highest BCUT2D eigenvalue weighted by Gasteiger charge is 2.51. The minimum Gasteiger partial charge on any atom is -0.447 e. The van der Waals surface area contributed by atoms with Gasteiger partial charge in [0.25, 0.3) is 0 Å². The Morgan fingerprint density at radius 3 is 2.37 bits per heavy atom. The maximum Gasteiger partial charge on any atom is 0.407 e. The summed E-state index contributed by atoms with van der Waals surface area (Å²) in [6.07, 6.45) is -11.0. The quantitative estimate of drug-likeness (QED) is 0.161. The average molecular weight is 512 g/mol. The Morgan fingerprint density at radius 1 is 0.886 bits per heavy atom. The fourth-order valence-electron chi connectivity index (χ4n) is 4.42. The number of amides is 1. The van der Waals surface area contributed by atoms with Gasteiger partial charge in [-0.05, 0) is 12.8 Å². The van der Waals surface area contributed by atoms with Gasteiger partial charge in [0.05, 0.1) is 32.5 Å². The van der Waals surface area contributed by atoms with E-state index in [9.17, 15) is 30.3 Å². The fraction of sp³-hybridized carbons (Fsp3) is 0.952. The normalized spacial score (nSPS) is 40.3. The lowest BCUT2D eigenvalue weighted by molar-refractivity contribution is -0.357. The number of carbonyl (C=O) groups is 1. The second kappa shape index (κ2) is 13.9. The number of nitrogens with one attached hydrogen (secondary N) is 1. The zero-order chi connectivity index (χ0) is 25.4. The molecule has 0 spiro atoms. The zero-order valence-electron chi connectivity index (χ0n) is 19.4. The van der Waals surface area contributed by atoms with E-state index in [4.69, 9.17) is 33.5 Å². The smallest absolute Gasteiger partial charge is 0.407 e. The molecule has 6 saturated heterocycles. The predicted molar refractivity (Wildman–Crippen MR) is 114 cm³/mol. The summed E-state index contributed by atoms with van der Waals surface area (Å²) < 4.78 is 32.9. The van der Waals surface area contributed by atoms with Gasteiger partial charge in [-0.3, -0.25) is 0 Å². The van der Waals surface area contributed by atoms with Crippen LogP contribution in [0.4, 0.5) is 4.79 Å². The van der Waals surface area contributed by atoms with Gasteiger partial charge >= 0.3 is 6.09 Å². The number of aliphatic hydroxyl groups excluding tert-OH is 6. The Kier molecular flexibility index (Phi) is 11.3. The third kappa shape index (κ3) is 7.42. The van der Waals surface area contributed by atoms with E-state index in [2.05, 4.69) is 5.32 Å². The van der Waals surface area contributed by atoms with E-state index >= 15 is 0 Å². The second-order valence-corrected chi connectivity index (χ2v) is 8.72. The largest absolute Gasteiger partial charge is 0.447 e. The van der Waals surface area contributed by atoms with Gasteiger partial charge in [-0.25, -0.2) is 4.79 Å². The van der Waals surface area contributed by atoms with Crippen molar-refractivity contribution in [1.29, 1.82) is 0 Å². The summed E-state index contributed by atoms with van der Waals surface area (Å²) in [4.78, 5) is 12.0. The summed E-state index contributed by atoms with van der Waals surface area (Å²) in [6, 6.07) is 0. The van der Waals surface area contributed by atoms with Crippen molar-refractivity contribution in [2.45, 2.75) is 74.6 Å². The molecule has 14 heteroatoms. The first-order valence-corrected chi connectivity index (χ1v) is 11.9. The molecule has 7 N–H and O–H groups in total. The summed E-state index contributed by atoms with van der Waals surface area (Å²) in [5, 5.41) is 63.4. The highest BCUT2D eigenvalue weighted by molar-refractivity contribution is 5.67. The van der Waals surface area contributed by atoms with Crippen LogP contribution in [0.25, 0.3) is 0 Å². The topological polar surface area (TPSA) is 206 Å². The summed E-state index contributed by atoms with van der Waals surface area (Å²) in [6.45, 7) is -0.288. The number of hydrogen-bond acceptors (Lipinski definition) is 13. The molecule has 0 radical (unpaired) electrons. The van der Waals surface area contributed by atoms with Crippen LogP contribution in [0.15, 0.2) is 0 Å². The monoisotopic (exact) mass is 511 g/mol. The van der Waals surface area contributed by atoms with Crippen LogP contribution in [0, 0.1) is 5.92 Å². The highest BCUT2D eigenvalue weighted by atomic mass is 16.7. The van der Waals surface area contributed by atoms with Crippen LogP contribution in [-0.4, -0.2) is 138 Å². The van der Waals surface area contributed by atoms with E-state index < -0.39 is 73.9 Å². The summed E-state index contributed by atoms with van der Waals surface area (Å²) in [5.74, 6) is -0.592. The lowest BCUT2D eigenvalue weighted by atomic mass is 9.85. The van der Waals surface area contributed by atoms with Crippen LogP contribution >= 0.6 is 0 Å². The molecule has 4 bridgehead atoms. The Balaban J connectivity index is 1.68. The van der Waals surface area contributed by atoms with Crippen molar-refractivity contribution < 1.29 is 63.9 Å². The molecule has 14 nitrogen and oxygen atoms in total. The molecule has 0 aliphatic carbocycles. The molecule has 10 atom stereocenters. The molecule has 4 unspecified atom stereocenters. The molecule has 6 rings (SSSR count). The Bertz CT molecular complexity index is 640. The van der Waals surface area contributed by atoms with Crippen LogP contribution in [0.1, 0.15) is 19.3 Å². The summed E-state index contributed by atoms with van der Waals surface area (Å²) >= 11 is 0. The maximum atomic E-state index is 12.0. The third-order valence-electron chi connectivity index (χ3n) is 6.31. The minimum absolute atomic E-state index is 0.128. The Hall–Kier alpha value is -1.17. The van der Waals surface area contributed by atoms with Gasteiger partial charge in [0, 0.05) is 19.1 Å². The van der Waals surface area contributed by atoms with Crippen molar-refractivity contribution in [1.82, 2.24) is 5.32 Å². The van der Waals surface area contributed by atoms with Crippen molar-refractivity contribution in [3.8, 4) is 0 Å². The predicted octanol–water partition coefficient (Wildman–Crippen LogP) is -3.19. The molecular weight excluding hydrogens is 474 g/mol. The van der Waals surface area contributed by atoms with Gasteiger partial charge in [0.2, 0.25) is 0 Å². The van der Waals surface area contributed by atoms with E-state index in [0.717, 1.165) is 0 Å². The Morgan fingerprint density at radius 2 is 1.63 bits per heavy atom. The first kappa shape index (κ1) is 28.4. The molecule has 6 heterocycles. The molecule has 204 valence electrons. The minimum atomic E-state index is -1.53. The van der Waals surface area contributed by atoms with Crippen molar-refractivity contribution in [3.63, 3.8) is 0 Å². The first-order valence-electron chi connectivity index (χ1n) is 11.9. The maximum absolute atomic E-state index is 12.0. The van der Waals surface area contributed by atoms with Gasteiger partial charge < -0.3 is 64.4 Å². The van der Waals surface area contributed by atoms with Crippen LogP contribution in [0.3, 0.4) is 0 Å². The van der Waals surface area contributed by atoms with Crippen LogP contribution in [0.5, 0.6) is 0 Å². The fourth-order valence-corrected chi connectivity index (χ4v) is 4.42. The first-order chi connectivity index (χ1) is 16.9. The molecule has 35 heavy (non-hydrogen) atoms. The van der Waals surface area contributed by atoms with Gasteiger partial charge in [-0.2, -0.15) is 0 Å². The van der Waals surface area contributed by atoms with Gasteiger partial charge in [0.15, 0.2) is 12.6 Å². The van der Waals surface area contributed by atoms with E-state index in [-0.39, 0.29) is 39.6 Å². The third-order valence-corrected chi connectivity index (χ3v) is 6.31. The number of hydrogen-bond donors (Lipinski definition) is 7. The zero-order valence-corrected chi connectivity index (χ0v) is 19.4. The van der Waals surface area contributed by atoms with Crippen molar-refractivity contribution >= 4 is 6.09 Å². The van der Waals surface area contributed by atoms with Crippen molar-refractivity contribution in [2.24, 2.45) is 5.92 Å². The van der Waals surface area contributed by atoms with Gasteiger partial charge in [-0.1, -0.05) is 6.42 Å². The lowest BCUT2D eigenvalue weighted by Crippen LogP contribution is -2.64. The second-order valence-electron chi connectivity index (χ2n) is 8.72. The van der Waals surface area contributed by atoms with E-state index in [0.29, 0.717) is 19.3 Å². The van der Waals surface area contributed by atoms with E-state index in [1.54, 1.807) is 0 Å². The highest BCUT2D eigenvalue weighted by Crippen LogP contribution is 2.34. The number of carbonyl (C=O) groups excluding carboxylic acids is 1. The molecule has 6 aliphatic rings. The molecule has 1 amide bonds. The average Bonchev–Trinajstić information content (AvgIpc) is 2.85. The lowest BCUT2D eigenvalue weighted by Gasteiger charge is -2.47. The molecule has 0 saturated carbocycles. The summed E-state index contributed by atoms with van der Waals surface area (Å²) in [5.41, 5.74) is 0. The van der Waals surface area contributed by atoms with Gasteiger partial charge in [0.1, 0.15) is 43.2 Å². The molecule has 6 fully saturated rings. The standard InChI is InChI=1S/C21H37NO13/c23-5-8-30-7-4-22-21(29)32-10-13-11-3-1-2-6-31-19-17(28)15(26)18(12(9-24)33-19)35-20(34-13)16(27)14(11)25/h11-20,23-28H,1-10H2,(H,22,29)/t11-,12?,13?,14+,15-,16?,17?,18-,19-,20+/m1/s1. The molecule has 0 aromatic carbocycles. The number of ether oxygens (including phenoxy) is 6. The molecule has 0 aromatic rings. The summed E-state index contributed by atoms with van der Waals surface area (Å²) in [7, 11) is 0. The molecule has 6 aliphatic heterocycles. The van der Waals surface area contributed by atoms with Crippen LogP contribution in [-0.2, 0) is 28.4 Å². The van der Waals surface area contributed by atoms with Crippen molar-refractivity contribution in [2.75, 3.05) is 46.2 Å². The van der Waals surface area contributed by atoms with E-state index in [1.165, 1.54) is 0 Å².